The molecule has 1 aromatic heterocycles. The summed E-state index contributed by atoms with van der Waals surface area (Å²) in [7, 11) is 1.87. The summed E-state index contributed by atoms with van der Waals surface area (Å²) in [6.45, 7) is 9.31. The summed E-state index contributed by atoms with van der Waals surface area (Å²) < 4.78 is 11.3. The van der Waals surface area contributed by atoms with Crippen LogP contribution in [0.1, 0.15) is 25.3 Å². The maximum absolute atomic E-state index is 5.64. The number of ether oxygens (including phenoxy) is 2. The molecule has 8 heteroatoms. The van der Waals surface area contributed by atoms with Crippen LogP contribution in [-0.2, 0) is 16.0 Å². The standard InChI is InChI=1S/C20H31N5O2.HI/c1-16-13-24(8-10-27-16)18-11-17(3-6-22-18)12-23-19(21-2)25-7-4-20(14-25)5-9-26-15-20;/h3,6,11,16H,4-5,7-10,12-15H2,1-2H3,(H,21,23);1H. The Morgan fingerprint density at radius 2 is 2.25 bits per heavy atom. The van der Waals surface area contributed by atoms with Crippen LogP contribution in [0.3, 0.4) is 0 Å². The van der Waals surface area contributed by atoms with Crippen molar-refractivity contribution in [3.05, 3.63) is 23.9 Å². The Hall–Kier alpha value is -1.13. The number of hydrogen-bond donors (Lipinski definition) is 1. The van der Waals surface area contributed by atoms with Crippen molar-refractivity contribution in [3.8, 4) is 0 Å². The van der Waals surface area contributed by atoms with Crippen LogP contribution in [-0.4, -0.2) is 75.0 Å². The Kier molecular flexibility index (Phi) is 7.38. The maximum Gasteiger partial charge on any atom is 0.193 e. The summed E-state index contributed by atoms with van der Waals surface area (Å²) in [6.07, 6.45) is 4.52. The lowest BCUT2D eigenvalue weighted by atomic mass is 9.87. The van der Waals surface area contributed by atoms with E-state index in [0.29, 0.717) is 5.41 Å². The number of guanidine groups is 1. The van der Waals surface area contributed by atoms with E-state index in [2.05, 4.69) is 44.1 Å². The first kappa shape index (κ1) is 21.6. The summed E-state index contributed by atoms with van der Waals surface area (Å²) in [6, 6.07) is 4.25. The van der Waals surface area contributed by atoms with Crippen LogP contribution in [0, 0.1) is 5.41 Å². The molecule has 1 spiro atoms. The number of pyridine rings is 1. The SMILES string of the molecule is CN=C(NCc1ccnc(N2CCOC(C)C2)c1)N1CCC2(CCOC2)C1.I. The van der Waals surface area contributed by atoms with Crippen molar-refractivity contribution >= 4 is 35.8 Å². The lowest BCUT2D eigenvalue weighted by Crippen LogP contribution is -2.42. The average Bonchev–Trinajstić information content (AvgIpc) is 3.33. The molecule has 2 atom stereocenters. The minimum atomic E-state index is 0. The molecule has 156 valence electrons. The van der Waals surface area contributed by atoms with Gasteiger partial charge in [-0.05, 0) is 37.5 Å². The zero-order chi connectivity index (χ0) is 18.7. The van der Waals surface area contributed by atoms with Gasteiger partial charge in [0.15, 0.2) is 5.96 Å². The van der Waals surface area contributed by atoms with E-state index in [1.165, 1.54) is 18.4 Å². The third kappa shape index (κ3) is 4.88. The highest BCUT2D eigenvalue weighted by molar-refractivity contribution is 14.0. The molecular formula is C20H32IN5O2. The van der Waals surface area contributed by atoms with Crippen LogP contribution in [0.4, 0.5) is 5.82 Å². The van der Waals surface area contributed by atoms with Gasteiger partial charge >= 0.3 is 0 Å². The summed E-state index contributed by atoms with van der Waals surface area (Å²) >= 11 is 0. The minimum Gasteiger partial charge on any atom is -0.381 e. The zero-order valence-electron chi connectivity index (χ0n) is 16.9. The molecule has 3 aliphatic rings. The number of hydrogen-bond acceptors (Lipinski definition) is 5. The smallest absolute Gasteiger partial charge is 0.193 e. The Morgan fingerprint density at radius 3 is 3.00 bits per heavy atom. The van der Waals surface area contributed by atoms with Crippen LogP contribution >= 0.6 is 24.0 Å². The number of halogens is 1. The number of likely N-dealkylation sites (tertiary alicyclic amines) is 1. The number of morpholine rings is 1. The van der Waals surface area contributed by atoms with Crippen molar-refractivity contribution in [1.82, 2.24) is 15.2 Å². The number of anilines is 1. The maximum atomic E-state index is 5.64. The summed E-state index contributed by atoms with van der Waals surface area (Å²) in [5.41, 5.74) is 1.56. The van der Waals surface area contributed by atoms with E-state index in [9.17, 15) is 0 Å². The first-order valence-corrected chi connectivity index (χ1v) is 10.0. The average molecular weight is 501 g/mol. The lowest BCUT2D eigenvalue weighted by Gasteiger charge is -2.32. The highest BCUT2D eigenvalue weighted by Crippen LogP contribution is 2.38. The monoisotopic (exact) mass is 501 g/mol. The van der Waals surface area contributed by atoms with Gasteiger partial charge in [0, 0.05) is 58.0 Å². The van der Waals surface area contributed by atoms with Gasteiger partial charge in [-0.15, -0.1) is 24.0 Å². The fourth-order valence-corrected chi connectivity index (χ4v) is 4.37. The fraction of sp³-hybridized carbons (Fsp3) is 0.700. The number of rotatable bonds is 3. The Bertz CT molecular complexity index is 680. The van der Waals surface area contributed by atoms with E-state index in [4.69, 9.17) is 9.47 Å². The second kappa shape index (κ2) is 9.58. The van der Waals surface area contributed by atoms with E-state index in [0.717, 1.165) is 64.3 Å². The predicted octanol–water partition coefficient (Wildman–Crippen LogP) is 2.11. The Balaban J connectivity index is 0.00000225. The van der Waals surface area contributed by atoms with E-state index >= 15 is 0 Å². The van der Waals surface area contributed by atoms with Gasteiger partial charge in [-0.3, -0.25) is 4.99 Å². The molecule has 28 heavy (non-hydrogen) atoms. The van der Waals surface area contributed by atoms with Crippen LogP contribution in [0.15, 0.2) is 23.3 Å². The number of nitrogens with zero attached hydrogens (tertiary/aromatic N) is 4. The fourth-order valence-electron chi connectivity index (χ4n) is 4.37. The van der Waals surface area contributed by atoms with Gasteiger partial charge < -0.3 is 24.6 Å². The summed E-state index contributed by atoms with van der Waals surface area (Å²) in [5.74, 6) is 2.01. The van der Waals surface area contributed by atoms with Gasteiger partial charge in [0.2, 0.25) is 0 Å². The highest BCUT2D eigenvalue weighted by atomic mass is 127. The van der Waals surface area contributed by atoms with E-state index in [-0.39, 0.29) is 30.1 Å². The topological polar surface area (TPSA) is 62.2 Å². The van der Waals surface area contributed by atoms with Gasteiger partial charge in [-0.2, -0.15) is 0 Å². The molecule has 0 saturated carbocycles. The minimum absolute atomic E-state index is 0. The molecule has 0 bridgehead atoms. The van der Waals surface area contributed by atoms with Crippen LogP contribution < -0.4 is 10.2 Å². The van der Waals surface area contributed by atoms with Gasteiger partial charge in [-0.25, -0.2) is 4.98 Å². The molecule has 1 aromatic rings. The molecule has 0 aromatic carbocycles. The number of aromatic nitrogens is 1. The molecule has 3 saturated heterocycles. The third-order valence-electron chi connectivity index (χ3n) is 5.96. The molecular weight excluding hydrogens is 469 g/mol. The second-order valence-electron chi connectivity index (χ2n) is 8.02. The van der Waals surface area contributed by atoms with Crippen molar-refractivity contribution in [2.24, 2.45) is 10.4 Å². The largest absolute Gasteiger partial charge is 0.381 e. The molecule has 4 heterocycles. The zero-order valence-corrected chi connectivity index (χ0v) is 19.2. The first-order valence-electron chi connectivity index (χ1n) is 10.0. The molecule has 3 fully saturated rings. The van der Waals surface area contributed by atoms with Crippen LogP contribution in [0.25, 0.3) is 0 Å². The molecule has 3 aliphatic heterocycles. The first-order chi connectivity index (χ1) is 13.2. The number of aliphatic imine (C=N–C) groups is 1. The van der Waals surface area contributed by atoms with Crippen molar-refractivity contribution in [3.63, 3.8) is 0 Å². The van der Waals surface area contributed by atoms with Crippen molar-refractivity contribution in [2.75, 3.05) is 57.9 Å². The van der Waals surface area contributed by atoms with E-state index < -0.39 is 0 Å². The van der Waals surface area contributed by atoms with E-state index in [1.54, 1.807) is 0 Å². The molecule has 0 aliphatic carbocycles. The molecule has 0 radical (unpaired) electrons. The van der Waals surface area contributed by atoms with E-state index in [1.807, 2.05) is 13.2 Å². The van der Waals surface area contributed by atoms with Crippen LogP contribution in [0.5, 0.6) is 0 Å². The Morgan fingerprint density at radius 1 is 1.36 bits per heavy atom. The van der Waals surface area contributed by atoms with Gasteiger partial charge in [0.05, 0.1) is 19.3 Å². The quantitative estimate of drug-likeness (QED) is 0.389. The molecule has 1 N–H and O–H groups in total. The normalized spacial score (nSPS) is 27.9. The van der Waals surface area contributed by atoms with Gasteiger partial charge in [0.25, 0.3) is 0 Å². The molecule has 4 rings (SSSR count). The number of nitrogens with one attached hydrogen (secondary N) is 1. The predicted molar refractivity (Wildman–Crippen MR) is 122 cm³/mol. The third-order valence-corrected chi connectivity index (χ3v) is 5.96. The second-order valence-corrected chi connectivity index (χ2v) is 8.02. The van der Waals surface area contributed by atoms with Gasteiger partial charge in [0.1, 0.15) is 5.82 Å². The molecule has 2 unspecified atom stereocenters. The lowest BCUT2D eigenvalue weighted by molar-refractivity contribution is 0.0529. The van der Waals surface area contributed by atoms with Crippen molar-refractivity contribution in [2.45, 2.75) is 32.4 Å². The summed E-state index contributed by atoms with van der Waals surface area (Å²) in [4.78, 5) is 13.7. The molecule has 7 nitrogen and oxygen atoms in total. The molecule has 0 amide bonds. The van der Waals surface area contributed by atoms with Gasteiger partial charge in [-0.1, -0.05) is 0 Å². The van der Waals surface area contributed by atoms with Crippen molar-refractivity contribution < 1.29 is 9.47 Å². The Labute approximate surface area is 184 Å². The summed E-state index contributed by atoms with van der Waals surface area (Å²) in [5, 5.41) is 3.54. The highest BCUT2D eigenvalue weighted by Gasteiger charge is 2.42. The van der Waals surface area contributed by atoms with Crippen LogP contribution in [0.2, 0.25) is 0 Å². The van der Waals surface area contributed by atoms with Crippen molar-refractivity contribution in [1.29, 1.82) is 0 Å².